The summed E-state index contributed by atoms with van der Waals surface area (Å²) < 4.78 is 58.2. The van der Waals surface area contributed by atoms with Crippen LogP contribution in [-0.4, -0.2) is 40.8 Å². The van der Waals surface area contributed by atoms with Gasteiger partial charge < -0.3 is 14.8 Å². The highest BCUT2D eigenvalue weighted by molar-refractivity contribution is 7.91. The number of sulfone groups is 1. The Bertz CT molecular complexity index is 898. The molecule has 0 aromatic heterocycles. The Hall–Kier alpha value is -2.68. The van der Waals surface area contributed by atoms with Gasteiger partial charge in [-0.25, -0.2) is 8.42 Å². The van der Waals surface area contributed by atoms with Gasteiger partial charge in [0.15, 0.2) is 0 Å². The van der Waals surface area contributed by atoms with E-state index in [9.17, 15) is 22.0 Å². The predicted molar refractivity (Wildman–Crippen MR) is 95.2 cm³/mol. The van der Waals surface area contributed by atoms with Gasteiger partial charge in [0.2, 0.25) is 9.84 Å². The molecule has 6 nitrogen and oxygen atoms in total. The summed E-state index contributed by atoms with van der Waals surface area (Å²) >= 11 is 0. The summed E-state index contributed by atoms with van der Waals surface area (Å²) in [5, 5.41) is 2.68. The number of hydrogen-bond donors (Lipinski definition) is 1. The topological polar surface area (TPSA) is 81.7 Å². The second-order valence-corrected chi connectivity index (χ2v) is 7.43. The van der Waals surface area contributed by atoms with Crippen LogP contribution >= 0.6 is 0 Å². The molecule has 0 fully saturated rings. The van der Waals surface area contributed by atoms with Crippen LogP contribution in [0.1, 0.15) is 15.9 Å². The molecule has 9 heteroatoms. The zero-order valence-corrected chi connectivity index (χ0v) is 15.6. The summed E-state index contributed by atoms with van der Waals surface area (Å²) in [6, 6.07) is 9.68. The highest BCUT2D eigenvalue weighted by Gasteiger charge is 2.26. The molecule has 0 aliphatic rings. The van der Waals surface area contributed by atoms with Crippen molar-refractivity contribution in [3.8, 4) is 11.5 Å². The summed E-state index contributed by atoms with van der Waals surface area (Å²) in [6.07, 6.45) is 0.476. The Morgan fingerprint density at radius 3 is 2.30 bits per heavy atom. The highest BCUT2D eigenvalue weighted by atomic mass is 32.2. The van der Waals surface area contributed by atoms with E-state index in [0.717, 1.165) is 17.7 Å². The third-order valence-electron chi connectivity index (χ3n) is 3.85. The first-order valence-electron chi connectivity index (χ1n) is 7.90. The largest absolute Gasteiger partial charge is 0.497 e. The van der Waals surface area contributed by atoms with E-state index in [-0.39, 0.29) is 5.56 Å². The van der Waals surface area contributed by atoms with Crippen molar-refractivity contribution in [3.05, 3.63) is 53.6 Å². The lowest BCUT2D eigenvalue weighted by atomic mass is 10.1. The van der Waals surface area contributed by atoms with Gasteiger partial charge in [0, 0.05) is 12.1 Å². The molecule has 0 radical (unpaired) electrons. The van der Waals surface area contributed by atoms with E-state index in [1.165, 1.54) is 12.1 Å². The molecular formula is C18H19F2NO5S. The monoisotopic (exact) mass is 399 g/mol. The molecule has 27 heavy (non-hydrogen) atoms. The molecule has 0 bridgehead atoms. The number of carbonyl (C=O) groups excluding carboxylic acids is 1. The molecule has 0 saturated heterocycles. The van der Waals surface area contributed by atoms with Crippen molar-refractivity contribution in [1.82, 2.24) is 5.32 Å². The lowest BCUT2D eigenvalue weighted by Crippen LogP contribution is -2.25. The molecule has 2 aromatic rings. The molecule has 0 unspecified atom stereocenters. The Labute approximate surface area is 156 Å². The predicted octanol–water partition coefficient (Wildman–Crippen LogP) is 2.67. The molecule has 0 heterocycles. The number of hydrogen-bond acceptors (Lipinski definition) is 5. The zero-order chi connectivity index (χ0) is 20.0. The third kappa shape index (κ3) is 4.94. The summed E-state index contributed by atoms with van der Waals surface area (Å²) in [6.45, 7) is 0.291. The van der Waals surface area contributed by atoms with E-state index in [1.54, 1.807) is 32.4 Å². The maximum absolute atomic E-state index is 12.5. The second kappa shape index (κ2) is 8.81. The van der Waals surface area contributed by atoms with Crippen molar-refractivity contribution in [2.24, 2.45) is 0 Å². The van der Waals surface area contributed by atoms with E-state index >= 15 is 0 Å². The average Bonchev–Trinajstić information content (AvgIpc) is 2.67. The van der Waals surface area contributed by atoms with E-state index in [4.69, 9.17) is 9.47 Å². The Morgan fingerprint density at radius 1 is 1.07 bits per heavy atom. The lowest BCUT2D eigenvalue weighted by Gasteiger charge is -2.11. The Kier molecular flexibility index (Phi) is 6.73. The van der Waals surface area contributed by atoms with E-state index < -0.39 is 26.4 Å². The Balaban J connectivity index is 2.00. The van der Waals surface area contributed by atoms with Crippen LogP contribution in [-0.2, 0) is 16.3 Å². The van der Waals surface area contributed by atoms with Gasteiger partial charge in [0.1, 0.15) is 11.5 Å². The fourth-order valence-electron chi connectivity index (χ4n) is 2.39. The SMILES string of the molecule is COc1ccc(OC)c(CCNC(=O)c2ccc(S(=O)(=O)C(F)F)cc2)c1. The average molecular weight is 399 g/mol. The summed E-state index contributed by atoms with van der Waals surface area (Å²) in [7, 11) is -1.59. The number of rotatable bonds is 8. The number of halogens is 2. The number of benzene rings is 2. The lowest BCUT2D eigenvalue weighted by molar-refractivity contribution is 0.0954. The summed E-state index contributed by atoms with van der Waals surface area (Å²) in [4.78, 5) is 11.6. The molecule has 0 atom stereocenters. The summed E-state index contributed by atoms with van der Waals surface area (Å²) in [5.74, 6) is -2.63. The van der Waals surface area contributed by atoms with Gasteiger partial charge in [-0.2, -0.15) is 8.78 Å². The molecule has 0 spiro atoms. The Morgan fingerprint density at radius 2 is 1.74 bits per heavy atom. The van der Waals surface area contributed by atoms with Crippen LogP contribution in [0.4, 0.5) is 8.78 Å². The van der Waals surface area contributed by atoms with Crippen molar-refractivity contribution in [2.75, 3.05) is 20.8 Å². The minimum atomic E-state index is -4.68. The van der Waals surface area contributed by atoms with Crippen LogP contribution in [0.2, 0.25) is 0 Å². The quantitative estimate of drug-likeness (QED) is 0.738. The van der Waals surface area contributed by atoms with Crippen LogP contribution < -0.4 is 14.8 Å². The smallest absolute Gasteiger partial charge is 0.341 e. The van der Waals surface area contributed by atoms with Crippen molar-refractivity contribution in [2.45, 2.75) is 17.1 Å². The van der Waals surface area contributed by atoms with Crippen LogP contribution in [0, 0.1) is 0 Å². The number of nitrogens with one attached hydrogen (secondary N) is 1. The van der Waals surface area contributed by atoms with Gasteiger partial charge in [-0.1, -0.05) is 0 Å². The maximum atomic E-state index is 12.5. The van der Waals surface area contributed by atoms with Crippen LogP contribution in [0.3, 0.4) is 0 Å². The van der Waals surface area contributed by atoms with Crippen LogP contribution in [0.5, 0.6) is 11.5 Å². The van der Waals surface area contributed by atoms with E-state index in [2.05, 4.69) is 5.32 Å². The molecule has 2 aromatic carbocycles. The van der Waals surface area contributed by atoms with E-state index in [1.807, 2.05) is 0 Å². The van der Waals surface area contributed by atoms with Crippen LogP contribution in [0.25, 0.3) is 0 Å². The summed E-state index contributed by atoms with van der Waals surface area (Å²) in [5.41, 5.74) is 1.01. The van der Waals surface area contributed by atoms with Crippen molar-refractivity contribution >= 4 is 15.7 Å². The van der Waals surface area contributed by atoms with Gasteiger partial charge in [-0.15, -0.1) is 0 Å². The van der Waals surface area contributed by atoms with Gasteiger partial charge >= 0.3 is 5.76 Å². The molecule has 0 aliphatic carbocycles. The van der Waals surface area contributed by atoms with E-state index in [0.29, 0.717) is 24.5 Å². The number of methoxy groups -OCH3 is 2. The first kappa shape index (κ1) is 20.6. The minimum absolute atomic E-state index is 0.167. The number of carbonyl (C=O) groups is 1. The molecule has 0 saturated carbocycles. The van der Waals surface area contributed by atoms with Gasteiger partial charge in [0.05, 0.1) is 19.1 Å². The first-order valence-corrected chi connectivity index (χ1v) is 9.45. The zero-order valence-electron chi connectivity index (χ0n) is 14.7. The molecule has 1 N–H and O–H groups in total. The highest BCUT2D eigenvalue weighted by Crippen LogP contribution is 2.24. The van der Waals surface area contributed by atoms with Crippen molar-refractivity contribution < 1.29 is 31.5 Å². The van der Waals surface area contributed by atoms with Crippen molar-refractivity contribution in [1.29, 1.82) is 0 Å². The number of amides is 1. The third-order valence-corrected chi connectivity index (χ3v) is 5.25. The molecule has 2 rings (SSSR count). The molecule has 146 valence electrons. The standard InChI is InChI=1S/C18H19F2NO5S/c1-25-14-5-8-16(26-2)13(11-14)9-10-21-17(22)12-3-6-15(7-4-12)27(23,24)18(19)20/h3-8,11,18H,9-10H2,1-2H3,(H,21,22). The first-order chi connectivity index (χ1) is 12.8. The van der Waals surface area contributed by atoms with Gasteiger partial charge in [-0.3, -0.25) is 4.79 Å². The fraction of sp³-hybridized carbons (Fsp3) is 0.278. The minimum Gasteiger partial charge on any atom is -0.497 e. The molecular weight excluding hydrogens is 380 g/mol. The van der Waals surface area contributed by atoms with Gasteiger partial charge in [0.25, 0.3) is 5.91 Å². The molecule has 1 amide bonds. The second-order valence-electron chi connectivity index (χ2n) is 5.51. The fourth-order valence-corrected chi connectivity index (χ4v) is 3.11. The maximum Gasteiger partial charge on any atom is 0.341 e. The van der Waals surface area contributed by atoms with Gasteiger partial charge in [-0.05, 0) is 54.4 Å². The molecule has 0 aliphatic heterocycles. The number of ether oxygens (including phenoxy) is 2. The van der Waals surface area contributed by atoms with Crippen molar-refractivity contribution in [3.63, 3.8) is 0 Å². The number of alkyl halides is 2. The van der Waals surface area contributed by atoms with Crippen LogP contribution in [0.15, 0.2) is 47.4 Å². The normalized spacial score (nSPS) is 11.3.